The molecule has 1 aliphatic heterocycles. The van der Waals surface area contributed by atoms with Crippen LogP contribution in [0.5, 0.6) is 0 Å². The molecular formula is C19H23N5. The minimum absolute atomic E-state index is 0.695. The number of benzene rings is 1. The van der Waals surface area contributed by atoms with Gasteiger partial charge in [-0.1, -0.05) is 29.8 Å². The number of aromatic nitrogens is 4. The van der Waals surface area contributed by atoms with Gasteiger partial charge in [0.05, 0.1) is 0 Å². The van der Waals surface area contributed by atoms with Crippen molar-refractivity contribution < 1.29 is 0 Å². The molecule has 0 aliphatic carbocycles. The summed E-state index contributed by atoms with van der Waals surface area (Å²) in [6.07, 6.45) is 6.27. The van der Waals surface area contributed by atoms with Crippen molar-refractivity contribution >= 4 is 11.6 Å². The van der Waals surface area contributed by atoms with Gasteiger partial charge < -0.3 is 4.90 Å². The van der Waals surface area contributed by atoms with E-state index in [1.165, 1.54) is 41.8 Å². The Morgan fingerprint density at radius 3 is 2.50 bits per heavy atom. The molecule has 5 nitrogen and oxygen atoms in total. The van der Waals surface area contributed by atoms with E-state index in [1.54, 1.807) is 6.33 Å². The number of rotatable bonds is 3. The highest BCUT2D eigenvalue weighted by Gasteiger charge is 2.21. The summed E-state index contributed by atoms with van der Waals surface area (Å²) in [7, 11) is 0. The molecule has 1 aromatic carbocycles. The standard InChI is InChI=1S/C19H23N5/c1-14-6-8-16(9-7-14)12-17-15(2)22-19-20-13-21-24(19)18(17)23-10-4-3-5-11-23/h6-9,13H,3-5,10-12H2,1-2H3. The van der Waals surface area contributed by atoms with Gasteiger partial charge in [0.15, 0.2) is 0 Å². The lowest BCUT2D eigenvalue weighted by atomic mass is 10.0. The quantitative estimate of drug-likeness (QED) is 0.742. The van der Waals surface area contributed by atoms with Gasteiger partial charge in [0.1, 0.15) is 12.1 Å². The van der Waals surface area contributed by atoms with Crippen LogP contribution in [0.15, 0.2) is 30.6 Å². The maximum Gasteiger partial charge on any atom is 0.254 e. The largest absolute Gasteiger partial charge is 0.356 e. The Morgan fingerprint density at radius 1 is 1.00 bits per heavy atom. The first-order valence-corrected chi connectivity index (χ1v) is 8.72. The average Bonchev–Trinajstić information content (AvgIpc) is 3.06. The Labute approximate surface area is 142 Å². The van der Waals surface area contributed by atoms with Crippen molar-refractivity contribution in [1.82, 2.24) is 19.6 Å². The van der Waals surface area contributed by atoms with Gasteiger partial charge in [-0.2, -0.15) is 14.6 Å². The van der Waals surface area contributed by atoms with Crippen LogP contribution in [-0.4, -0.2) is 32.7 Å². The summed E-state index contributed by atoms with van der Waals surface area (Å²) < 4.78 is 1.92. The molecule has 2 aromatic heterocycles. The zero-order chi connectivity index (χ0) is 16.5. The highest BCUT2D eigenvalue weighted by atomic mass is 15.4. The van der Waals surface area contributed by atoms with E-state index in [1.807, 2.05) is 4.52 Å². The molecule has 3 heterocycles. The van der Waals surface area contributed by atoms with Crippen LogP contribution in [0.3, 0.4) is 0 Å². The number of aryl methyl sites for hydroxylation is 2. The van der Waals surface area contributed by atoms with Gasteiger partial charge in [-0.15, -0.1) is 0 Å². The minimum Gasteiger partial charge on any atom is -0.356 e. The first kappa shape index (κ1) is 15.1. The van der Waals surface area contributed by atoms with Crippen LogP contribution < -0.4 is 4.90 Å². The Balaban J connectivity index is 1.82. The normalized spacial score (nSPS) is 15.2. The Bertz CT molecular complexity index is 844. The van der Waals surface area contributed by atoms with E-state index in [0.717, 1.165) is 25.2 Å². The smallest absolute Gasteiger partial charge is 0.254 e. The highest BCUT2D eigenvalue weighted by Crippen LogP contribution is 2.28. The molecule has 0 N–H and O–H groups in total. The molecular weight excluding hydrogens is 298 g/mol. The molecule has 24 heavy (non-hydrogen) atoms. The molecule has 0 amide bonds. The molecule has 1 fully saturated rings. The highest BCUT2D eigenvalue weighted by molar-refractivity contribution is 5.56. The fraction of sp³-hybridized carbons (Fsp3) is 0.421. The lowest BCUT2D eigenvalue weighted by Gasteiger charge is -2.31. The maximum atomic E-state index is 4.67. The van der Waals surface area contributed by atoms with E-state index >= 15 is 0 Å². The van der Waals surface area contributed by atoms with Crippen molar-refractivity contribution in [3.8, 4) is 0 Å². The van der Waals surface area contributed by atoms with E-state index in [0.29, 0.717) is 5.78 Å². The number of piperidine rings is 1. The number of fused-ring (bicyclic) bond motifs is 1. The summed E-state index contributed by atoms with van der Waals surface area (Å²) in [5, 5.41) is 4.45. The van der Waals surface area contributed by atoms with Crippen molar-refractivity contribution in [3.05, 3.63) is 53.0 Å². The first-order valence-electron chi connectivity index (χ1n) is 8.72. The van der Waals surface area contributed by atoms with Gasteiger partial charge in [0, 0.05) is 30.8 Å². The summed E-state index contributed by atoms with van der Waals surface area (Å²) in [4.78, 5) is 11.4. The maximum absolute atomic E-state index is 4.67. The second kappa shape index (κ2) is 6.23. The van der Waals surface area contributed by atoms with Crippen LogP contribution in [0.2, 0.25) is 0 Å². The summed E-state index contributed by atoms with van der Waals surface area (Å²) in [6.45, 7) is 6.38. The van der Waals surface area contributed by atoms with Gasteiger partial charge in [0.25, 0.3) is 5.78 Å². The predicted molar refractivity (Wildman–Crippen MR) is 95.6 cm³/mol. The third-order valence-electron chi connectivity index (χ3n) is 4.86. The third-order valence-corrected chi connectivity index (χ3v) is 4.86. The van der Waals surface area contributed by atoms with Crippen molar-refractivity contribution in [2.24, 2.45) is 0 Å². The Morgan fingerprint density at radius 2 is 1.75 bits per heavy atom. The molecule has 5 heteroatoms. The predicted octanol–water partition coefficient (Wildman–Crippen LogP) is 3.32. The molecule has 3 aromatic rings. The fourth-order valence-corrected chi connectivity index (χ4v) is 3.52. The lowest BCUT2D eigenvalue weighted by Crippen LogP contribution is -2.32. The molecule has 0 spiro atoms. The molecule has 4 rings (SSSR count). The first-order chi connectivity index (χ1) is 11.7. The van der Waals surface area contributed by atoms with Crippen LogP contribution >= 0.6 is 0 Å². The number of hydrogen-bond acceptors (Lipinski definition) is 4. The SMILES string of the molecule is Cc1ccc(Cc2c(C)nc3ncnn3c2N2CCCCC2)cc1. The van der Waals surface area contributed by atoms with Crippen molar-refractivity contribution in [2.45, 2.75) is 39.5 Å². The molecule has 0 radical (unpaired) electrons. The zero-order valence-corrected chi connectivity index (χ0v) is 14.4. The Kier molecular flexibility index (Phi) is 3.92. The van der Waals surface area contributed by atoms with Gasteiger partial charge in [-0.3, -0.25) is 0 Å². The molecule has 0 unspecified atom stereocenters. The van der Waals surface area contributed by atoms with Crippen LogP contribution in [-0.2, 0) is 6.42 Å². The summed E-state index contributed by atoms with van der Waals surface area (Å²) in [5.74, 6) is 1.87. The minimum atomic E-state index is 0.695. The molecule has 0 saturated carbocycles. The van der Waals surface area contributed by atoms with Gasteiger partial charge in [-0.05, 0) is 38.7 Å². The second-order valence-electron chi connectivity index (χ2n) is 6.68. The van der Waals surface area contributed by atoms with Crippen molar-refractivity contribution in [1.29, 1.82) is 0 Å². The monoisotopic (exact) mass is 321 g/mol. The molecule has 124 valence electrons. The van der Waals surface area contributed by atoms with E-state index in [-0.39, 0.29) is 0 Å². The zero-order valence-electron chi connectivity index (χ0n) is 14.4. The molecule has 1 saturated heterocycles. The number of hydrogen-bond donors (Lipinski definition) is 0. The summed E-state index contributed by atoms with van der Waals surface area (Å²) in [5.41, 5.74) is 4.91. The lowest BCUT2D eigenvalue weighted by molar-refractivity contribution is 0.566. The molecule has 1 aliphatic rings. The van der Waals surface area contributed by atoms with Gasteiger partial charge >= 0.3 is 0 Å². The van der Waals surface area contributed by atoms with Gasteiger partial charge in [0.2, 0.25) is 0 Å². The van der Waals surface area contributed by atoms with Crippen LogP contribution in [0.25, 0.3) is 5.78 Å². The average molecular weight is 321 g/mol. The van der Waals surface area contributed by atoms with Crippen LogP contribution in [0.4, 0.5) is 5.82 Å². The summed E-state index contributed by atoms with van der Waals surface area (Å²) >= 11 is 0. The van der Waals surface area contributed by atoms with Crippen LogP contribution in [0, 0.1) is 13.8 Å². The number of anilines is 1. The number of nitrogens with zero attached hydrogens (tertiary/aromatic N) is 5. The van der Waals surface area contributed by atoms with E-state index in [4.69, 9.17) is 0 Å². The summed E-state index contributed by atoms with van der Waals surface area (Å²) in [6, 6.07) is 8.76. The van der Waals surface area contributed by atoms with Crippen LogP contribution in [0.1, 0.15) is 41.6 Å². The fourth-order valence-electron chi connectivity index (χ4n) is 3.52. The van der Waals surface area contributed by atoms with E-state index in [2.05, 4.69) is 58.1 Å². The third kappa shape index (κ3) is 2.75. The second-order valence-corrected chi connectivity index (χ2v) is 6.68. The molecule has 0 atom stereocenters. The van der Waals surface area contributed by atoms with E-state index in [9.17, 15) is 0 Å². The topological polar surface area (TPSA) is 46.3 Å². The van der Waals surface area contributed by atoms with Crippen molar-refractivity contribution in [2.75, 3.05) is 18.0 Å². The molecule has 0 bridgehead atoms. The van der Waals surface area contributed by atoms with Crippen molar-refractivity contribution in [3.63, 3.8) is 0 Å². The van der Waals surface area contributed by atoms with E-state index < -0.39 is 0 Å². The Hall–Kier alpha value is -2.43. The van der Waals surface area contributed by atoms with Gasteiger partial charge in [-0.25, -0.2) is 4.98 Å².